The summed E-state index contributed by atoms with van der Waals surface area (Å²) in [5, 5.41) is 1.90. The van der Waals surface area contributed by atoms with Gasteiger partial charge in [-0.1, -0.05) is 0 Å². The van der Waals surface area contributed by atoms with Gasteiger partial charge in [0.25, 0.3) is 5.91 Å². The van der Waals surface area contributed by atoms with E-state index in [2.05, 4.69) is 9.98 Å². The number of nitrogens with zero attached hydrogens (tertiary/aromatic N) is 3. The molecule has 0 fully saturated rings. The first-order chi connectivity index (χ1) is 8.74. The molecule has 0 aliphatic heterocycles. The zero-order valence-electron chi connectivity index (χ0n) is 9.53. The third-order valence-corrected chi connectivity index (χ3v) is 4.17. The molecule has 6 heteroatoms. The molecule has 0 radical (unpaired) electrons. The summed E-state index contributed by atoms with van der Waals surface area (Å²) < 4.78 is 2.83. The summed E-state index contributed by atoms with van der Waals surface area (Å²) in [4.78, 5) is 21.0. The molecule has 3 rings (SSSR count). The smallest absolute Gasteiger partial charge is 0.279 e. The third-order valence-electron chi connectivity index (χ3n) is 2.54. The van der Waals surface area contributed by atoms with E-state index in [0.717, 1.165) is 10.2 Å². The molecule has 0 saturated heterocycles. The number of carbonyl (C=O) groups excluding carboxylic acids is 1. The van der Waals surface area contributed by atoms with E-state index in [0.29, 0.717) is 10.4 Å². The minimum atomic E-state index is -0.219. The highest BCUT2D eigenvalue weighted by atomic mass is 32.1. The summed E-state index contributed by atoms with van der Waals surface area (Å²) in [7, 11) is 1.87. The number of hydrogen-bond donors (Lipinski definition) is 0. The summed E-state index contributed by atoms with van der Waals surface area (Å²) in [5.41, 5.74) is 3.29. The number of benzene rings is 1. The fourth-order valence-corrected chi connectivity index (χ4v) is 3.02. The maximum absolute atomic E-state index is 12.0. The highest BCUT2D eigenvalue weighted by molar-refractivity contribution is 7.16. The Kier molecular flexibility index (Phi) is 2.81. The van der Waals surface area contributed by atoms with Gasteiger partial charge in [-0.3, -0.25) is 4.79 Å². The maximum atomic E-state index is 12.0. The van der Waals surface area contributed by atoms with Crippen molar-refractivity contribution < 1.29 is 4.79 Å². The molecule has 1 amide bonds. The van der Waals surface area contributed by atoms with Gasteiger partial charge in [0.15, 0.2) is 4.80 Å². The van der Waals surface area contributed by atoms with Gasteiger partial charge in [-0.05, 0) is 18.2 Å². The van der Waals surface area contributed by atoms with Crippen molar-refractivity contribution >= 4 is 38.8 Å². The average molecular weight is 275 g/mol. The van der Waals surface area contributed by atoms with Gasteiger partial charge in [0, 0.05) is 24.2 Å². The fraction of sp³-hybridized carbons (Fsp3) is 0.0833. The quantitative estimate of drug-likeness (QED) is 0.685. The molecule has 1 aromatic carbocycles. The first-order valence-electron chi connectivity index (χ1n) is 5.26. The van der Waals surface area contributed by atoms with Crippen LogP contribution in [0.25, 0.3) is 10.2 Å². The number of aryl methyl sites for hydroxylation is 1. The molecule has 0 aliphatic carbocycles. The fourth-order valence-electron chi connectivity index (χ4n) is 1.57. The summed E-state index contributed by atoms with van der Waals surface area (Å²) in [6.07, 6.45) is 1.88. The number of amides is 1. The van der Waals surface area contributed by atoms with Crippen LogP contribution in [0.3, 0.4) is 0 Å². The van der Waals surface area contributed by atoms with Gasteiger partial charge in [0.1, 0.15) is 0 Å². The summed E-state index contributed by atoms with van der Waals surface area (Å²) in [5.74, 6) is -0.219. The molecule has 0 N–H and O–H groups in total. The van der Waals surface area contributed by atoms with Crippen molar-refractivity contribution in [1.82, 2.24) is 9.55 Å². The maximum Gasteiger partial charge on any atom is 0.279 e. The van der Waals surface area contributed by atoms with Gasteiger partial charge in [-0.2, -0.15) is 4.99 Å². The zero-order valence-corrected chi connectivity index (χ0v) is 11.2. The van der Waals surface area contributed by atoms with Gasteiger partial charge in [-0.15, -0.1) is 22.7 Å². The predicted molar refractivity (Wildman–Crippen MR) is 72.8 cm³/mol. The molecule has 0 spiro atoms. The van der Waals surface area contributed by atoms with E-state index >= 15 is 0 Å². The second kappa shape index (κ2) is 4.47. The minimum Gasteiger partial charge on any atom is -0.327 e. The number of aromatic nitrogens is 2. The topological polar surface area (TPSA) is 47.2 Å². The lowest BCUT2D eigenvalue weighted by Crippen LogP contribution is -2.12. The van der Waals surface area contributed by atoms with E-state index < -0.39 is 0 Å². The Morgan fingerprint density at radius 3 is 3.06 bits per heavy atom. The van der Waals surface area contributed by atoms with E-state index in [1.54, 1.807) is 11.6 Å². The van der Waals surface area contributed by atoms with Crippen molar-refractivity contribution in [1.29, 1.82) is 0 Å². The lowest BCUT2D eigenvalue weighted by Gasteiger charge is -1.95. The SMILES string of the molecule is Cn1ccsc1=NC(=O)c1ccc2ncsc2c1. The highest BCUT2D eigenvalue weighted by Crippen LogP contribution is 2.19. The van der Waals surface area contributed by atoms with Gasteiger partial charge in [0.05, 0.1) is 15.7 Å². The van der Waals surface area contributed by atoms with Crippen LogP contribution in [0.4, 0.5) is 0 Å². The number of fused-ring (bicyclic) bond motifs is 1. The lowest BCUT2D eigenvalue weighted by atomic mass is 10.2. The van der Waals surface area contributed by atoms with Crippen LogP contribution in [0.15, 0.2) is 40.3 Å². The second-order valence-electron chi connectivity index (χ2n) is 3.75. The van der Waals surface area contributed by atoms with Crippen LogP contribution in [0.2, 0.25) is 0 Å². The Hall–Kier alpha value is -1.79. The Bertz CT molecular complexity index is 782. The van der Waals surface area contributed by atoms with Crippen molar-refractivity contribution in [2.24, 2.45) is 12.0 Å². The van der Waals surface area contributed by atoms with Crippen molar-refractivity contribution in [3.63, 3.8) is 0 Å². The Morgan fingerprint density at radius 1 is 1.39 bits per heavy atom. The number of carbonyl (C=O) groups is 1. The Labute approximate surface area is 111 Å². The average Bonchev–Trinajstić information content (AvgIpc) is 2.98. The van der Waals surface area contributed by atoms with E-state index in [9.17, 15) is 4.79 Å². The van der Waals surface area contributed by atoms with Crippen LogP contribution in [0.5, 0.6) is 0 Å². The molecule has 3 aromatic rings. The molecule has 4 nitrogen and oxygen atoms in total. The van der Waals surface area contributed by atoms with Crippen LogP contribution in [0, 0.1) is 0 Å². The first-order valence-corrected chi connectivity index (χ1v) is 7.02. The van der Waals surface area contributed by atoms with Gasteiger partial charge < -0.3 is 4.57 Å². The molecule has 2 heterocycles. The van der Waals surface area contributed by atoms with E-state index in [1.165, 1.54) is 22.7 Å². The molecule has 0 unspecified atom stereocenters. The number of hydrogen-bond acceptors (Lipinski definition) is 4. The third kappa shape index (κ3) is 2.00. The van der Waals surface area contributed by atoms with Crippen LogP contribution in [0.1, 0.15) is 10.4 Å². The molecule has 0 atom stereocenters. The Morgan fingerprint density at radius 2 is 2.28 bits per heavy atom. The molecule has 18 heavy (non-hydrogen) atoms. The molecule has 2 aromatic heterocycles. The Balaban J connectivity index is 2.04. The van der Waals surface area contributed by atoms with Crippen molar-refractivity contribution in [3.05, 3.63) is 45.7 Å². The standard InChI is InChI=1S/C12H9N3OS2/c1-15-4-5-17-12(15)14-11(16)8-2-3-9-10(6-8)18-7-13-9/h2-7H,1H3. The van der Waals surface area contributed by atoms with Crippen LogP contribution in [-0.2, 0) is 7.05 Å². The zero-order chi connectivity index (χ0) is 12.5. The number of thiazole rings is 2. The predicted octanol–water partition coefficient (Wildman–Crippen LogP) is 2.44. The molecule has 90 valence electrons. The van der Waals surface area contributed by atoms with Crippen LogP contribution >= 0.6 is 22.7 Å². The normalized spacial score (nSPS) is 12.2. The first kappa shape index (κ1) is 11.3. The molecular formula is C12H9N3OS2. The van der Waals surface area contributed by atoms with E-state index in [-0.39, 0.29) is 5.91 Å². The van der Waals surface area contributed by atoms with Crippen LogP contribution in [-0.4, -0.2) is 15.5 Å². The van der Waals surface area contributed by atoms with Crippen molar-refractivity contribution in [2.75, 3.05) is 0 Å². The van der Waals surface area contributed by atoms with E-state index in [4.69, 9.17) is 0 Å². The van der Waals surface area contributed by atoms with E-state index in [1.807, 2.05) is 35.3 Å². The highest BCUT2D eigenvalue weighted by Gasteiger charge is 2.06. The summed E-state index contributed by atoms with van der Waals surface area (Å²) in [6, 6.07) is 5.46. The summed E-state index contributed by atoms with van der Waals surface area (Å²) in [6.45, 7) is 0. The van der Waals surface area contributed by atoms with Crippen LogP contribution < -0.4 is 4.80 Å². The molecule has 0 aliphatic rings. The van der Waals surface area contributed by atoms with Crippen molar-refractivity contribution in [3.8, 4) is 0 Å². The largest absolute Gasteiger partial charge is 0.327 e. The minimum absolute atomic E-state index is 0.219. The number of rotatable bonds is 1. The molecular weight excluding hydrogens is 266 g/mol. The lowest BCUT2D eigenvalue weighted by molar-refractivity contribution is 0.0998. The molecule has 0 saturated carbocycles. The van der Waals surface area contributed by atoms with Gasteiger partial charge in [-0.25, -0.2) is 4.98 Å². The van der Waals surface area contributed by atoms with Gasteiger partial charge >= 0.3 is 0 Å². The van der Waals surface area contributed by atoms with Gasteiger partial charge in [0.2, 0.25) is 0 Å². The summed E-state index contributed by atoms with van der Waals surface area (Å²) >= 11 is 2.97. The van der Waals surface area contributed by atoms with Crippen molar-refractivity contribution in [2.45, 2.75) is 0 Å². The monoisotopic (exact) mass is 275 g/mol. The second-order valence-corrected chi connectivity index (χ2v) is 5.51. The molecule has 0 bridgehead atoms.